The predicted molar refractivity (Wildman–Crippen MR) is 102 cm³/mol. The van der Waals surface area contributed by atoms with Gasteiger partial charge >= 0.3 is 18.2 Å². The number of aliphatic hydroxyl groups excluding tert-OH is 1. The van der Waals surface area contributed by atoms with Crippen molar-refractivity contribution in [2.75, 3.05) is 26.7 Å². The van der Waals surface area contributed by atoms with Gasteiger partial charge in [0.05, 0.1) is 13.2 Å². The van der Waals surface area contributed by atoms with Crippen molar-refractivity contribution in [3.8, 4) is 0 Å². The van der Waals surface area contributed by atoms with Crippen molar-refractivity contribution in [1.29, 1.82) is 0 Å². The number of hydrogen-bond acceptors (Lipinski definition) is 8. The summed E-state index contributed by atoms with van der Waals surface area (Å²) in [4.78, 5) is 40.6. The highest BCUT2D eigenvalue weighted by molar-refractivity contribution is 5.94. The first-order chi connectivity index (χ1) is 12.7. The van der Waals surface area contributed by atoms with E-state index in [9.17, 15) is 19.5 Å². The van der Waals surface area contributed by atoms with Gasteiger partial charge < -0.3 is 24.2 Å². The molecule has 0 radical (unpaired) electrons. The first kappa shape index (κ1) is 24.2. The van der Waals surface area contributed by atoms with Crippen molar-refractivity contribution < 1.29 is 33.7 Å². The molecule has 0 aromatic rings. The summed E-state index contributed by atoms with van der Waals surface area (Å²) in [5.74, 6) is -0.747. The Morgan fingerprint density at radius 1 is 1.00 bits per heavy atom. The molecule has 0 saturated carbocycles. The molecule has 2 amide bonds. The maximum Gasteiger partial charge on any atom is 0.420 e. The molecule has 9 nitrogen and oxygen atoms in total. The highest BCUT2D eigenvalue weighted by atomic mass is 16.6. The van der Waals surface area contributed by atoms with Crippen LogP contribution < -0.4 is 0 Å². The molecule has 1 aliphatic rings. The molecule has 0 spiro atoms. The van der Waals surface area contributed by atoms with Gasteiger partial charge in [-0.1, -0.05) is 0 Å². The van der Waals surface area contributed by atoms with Crippen LogP contribution in [-0.2, 0) is 19.0 Å². The summed E-state index contributed by atoms with van der Waals surface area (Å²) in [5, 5.41) is 9.68. The quantitative estimate of drug-likeness (QED) is 0.563. The minimum absolute atomic E-state index is 0.0673. The summed E-state index contributed by atoms with van der Waals surface area (Å²) in [5.41, 5.74) is -1.74. The third kappa shape index (κ3) is 8.02. The maximum atomic E-state index is 12.8. The van der Waals surface area contributed by atoms with E-state index in [1.807, 2.05) is 4.90 Å². The zero-order chi connectivity index (χ0) is 21.7. The lowest BCUT2D eigenvalue weighted by Crippen LogP contribution is -2.57. The third-order valence-electron chi connectivity index (χ3n) is 3.95. The van der Waals surface area contributed by atoms with Crippen molar-refractivity contribution in [1.82, 2.24) is 9.80 Å². The molecule has 0 aromatic carbocycles. The molecular weight excluding hydrogens is 368 g/mol. The SMILES string of the molecule is COC(=O)C(CN1CCC(O)CC1)N(C(=O)OC(C)(C)C)C(=O)OC(C)(C)C. The van der Waals surface area contributed by atoms with E-state index < -0.39 is 35.4 Å². The van der Waals surface area contributed by atoms with Crippen LogP contribution in [0.3, 0.4) is 0 Å². The van der Waals surface area contributed by atoms with Crippen LogP contribution in [0.5, 0.6) is 0 Å². The zero-order valence-electron chi connectivity index (χ0n) is 18.0. The molecule has 162 valence electrons. The van der Waals surface area contributed by atoms with E-state index in [-0.39, 0.29) is 12.6 Å². The van der Waals surface area contributed by atoms with E-state index in [0.29, 0.717) is 30.8 Å². The fourth-order valence-corrected chi connectivity index (χ4v) is 2.70. The van der Waals surface area contributed by atoms with Crippen LogP contribution in [0.1, 0.15) is 54.4 Å². The summed E-state index contributed by atoms with van der Waals surface area (Å²) >= 11 is 0. The highest BCUT2D eigenvalue weighted by Gasteiger charge is 2.42. The van der Waals surface area contributed by atoms with Gasteiger partial charge in [0.1, 0.15) is 11.2 Å². The maximum absolute atomic E-state index is 12.8. The van der Waals surface area contributed by atoms with E-state index in [2.05, 4.69) is 0 Å². The Hall–Kier alpha value is -1.87. The average molecular weight is 402 g/mol. The number of aliphatic hydroxyl groups is 1. The van der Waals surface area contributed by atoms with E-state index in [1.54, 1.807) is 41.5 Å². The van der Waals surface area contributed by atoms with Crippen LogP contribution in [0.25, 0.3) is 0 Å². The average Bonchev–Trinajstić information content (AvgIpc) is 2.52. The second kappa shape index (κ2) is 9.56. The molecule has 0 aromatic heterocycles. The normalized spacial score (nSPS) is 17.6. The summed E-state index contributed by atoms with van der Waals surface area (Å²) in [6, 6.07) is -1.23. The van der Waals surface area contributed by atoms with Gasteiger partial charge in [0, 0.05) is 19.6 Å². The standard InChI is InChI=1S/C19H34N2O7/c1-18(2,3)27-16(24)21(17(25)28-19(4,5)6)14(15(23)26-7)12-20-10-8-13(22)9-11-20/h13-14,22H,8-12H2,1-7H3. The molecule has 1 atom stereocenters. The largest absolute Gasteiger partial charge is 0.467 e. The van der Waals surface area contributed by atoms with Gasteiger partial charge in [-0.25, -0.2) is 14.4 Å². The number of nitrogens with zero attached hydrogens (tertiary/aromatic N) is 2. The number of methoxy groups -OCH3 is 1. The number of rotatable bonds is 4. The summed E-state index contributed by atoms with van der Waals surface area (Å²) < 4.78 is 15.5. The number of imide groups is 1. The van der Waals surface area contributed by atoms with Gasteiger partial charge in [-0.2, -0.15) is 4.90 Å². The Kier molecular flexibility index (Phi) is 8.25. The van der Waals surface area contributed by atoms with Crippen LogP contribution in [-0.4, -0.2) is 83.2 Å². The lowest BCUT2D eigenvalue weighted by molar-refractivity contribution is -0.147. The number of carbonyl (C=O) groups is 3. The molecule has 1 heterocycles. The van der Waals surface area contributed by atoms with Crippen LogP contribution in [0.2, 0.25) is 0 Å². The summed E-state index contributed by atoms with van der Waals surface area (Å²) in [6.45, 7) is 11.1. The fraction of sp³-hybridized carbons (Fsp3) is 0.842. The number of carbonyl (C=O) groups excluding carboxylic acids is 3. The van der Waals surface area contributed by atoms with Crippen molar-refractivity contribution >= 4 is 18.2 Å². The third-order valence-corrected chi connectivity index (χ3v) is 3.95. The van der Waals surface area contributed by atoms with Gasteiger partial charge in [-0.05, 0) is 54.4 Å². The minimum atomic E-state index is -1.23. The minimum Gasteiger partial charge on any atom is -0.467 e. The Balaban J connectivity index is 3.15. The monoisotopic (exact) mass is 402 g/mol. The molecule has 9 heteroatoms. The molecular formula is C19H34N2O7. The van der Waals surface area contributed by atoms with Gasteiger partial charge in [0.15, 0.2) is 6.04 Å². The Morgan fingerprint density at radius 3 is 1.79 bits per heavy atom. The number of amides is 2. The second-order valence-electron chi connectivity index (χ2n) is 8.90. The zero-order valence-corrected chi connectivity index (χ0v) is 18.0. The predicted octanol–water partition coefficient (Wildman–Crippen LogP) is 2.16. The molecule has 1 aliphatic heterocycles. The van der Waals surface area contributed by atoms with Crippen LogP contribution >= 0.6 is 0 Å². The van der Waals surface area contributed by atoms with E-state index in [4.69, 9.17) is 14.2 Å². The molecule has 0 aliphatic carbocycles. The molecule has 28 heavy (non-hydrogen) atoms. The number of esters is 1. The topological polar surface area (TPSA) is 106 Å². The molecule has 1 saturated heterocycles. The van der Waals surface area contributed by atoms with Gasteiger partial charge in [0.25, 0.3) is 0 Å². The van der Waals surface area contributed by atoms with Crippen LogP contribution in [0, 0.1) is 0 Å². The molecule has 1 fully saturated rings. The first-order valence-electron chi connectivity index (χ1n) is 9.47. The Morgan fingerprint density at radius 2 is 1.43 bits per heavy atom. The molecule has 1 N–H and O–H groups in total. The van der Waals surface area contributed by atoms with Crippen molar-refractivity contribution in [2.45, 2.75) is 77.7 Å². The summed E-state index contributed by atoms with van der Waals surface area (Å²) in [6.07, 6.45) is -1.25. The van der Waals surface area contributed by atoms with Gasteiger partial charge in [0.2, 0.25) is 0 Å². The Bertz CT molecular complexity index is 530. The van der Waals surface area contributed by atoms with E-state index in [0.717, 1.165) is 0 Å². The van der Waals surface area contributed by atoms with Crippen LogP contribution in [0.4, 0.5) is 9.59 Å². The van der Waals surface area contributed by atoms with Crippen LogP contribution in [0.15, 0.2) is 0 Å². The molecule has 1 rings (SSSR count). The van der Waals surface area contributed by atoms with Crippen molar-refractivity contribution in [3.63, 3.8) is 0 Å². The lowest BCUT2D eigenvalue weighted by atomic mass is 10.1. The van der Waals surface area contributed by atoms with E-state index in [1.165, 1.54) is 7.11 Å². The number of ether oxygens (including phenoxy) is 3. The number of likely N-dealkylation sites (tertiary alicyclic amines) is 1. The first-order valence-corrected chi connectivity index (χ1v) is 9.47. The fourth-order valence-electron chi connectivity index (χ4n) is 2.70. The molecule has 1 unspecified atom stereocenters. The Labute approximate surface area is 166 Å². The number of hydrogen-bond donors (Lipinski definition) is 1. The molecule has 0 bridgehead atoms. The van der Waals surface area contributed by atoms with E-state index >= 15 is 0 Å². The second-order valence-corrected chi connectivity index (χ2v) is 8.90. The van der Waals surface area contributed by atoms with Crippen molar-refractivity contribution in [3.05, 3.63) is 0 Å². The smallest absolute Gasteiger partial charge is 0.420 e. The lowest BCUT2D eigenvalue weighted by Gasteiger charge is -2.36. The summed E-state index contributed by atoms with van der Waals surface area (Å²) in [7, 11) is 1.19. The van der Waals surface area contributed by atoms with Gasteiger partial charge in [-0.15, -0.1) is 0 Å². The van der Waals surface area contributed by atoms with Crippen molar-refractivity contribution in [2.24, 2.45) is 0 Å². The van der Waals surface area contributed by atoms with Gasteiger partial charge in [-0.3, -0.25) is 0 Å². The number of piperidine rings is 1. The highest BCUT2D eigenvalue weighted by Crippen LogP contribution is 2.19.